The zero-order chi connectivity index (χ0) is 34.0. The maximum atomic E-state index is 15.6. The summed E-state index contributed by atoms with van der Waals surface area (Å²) in [7, 11) is -8.57. The molecule has 0 unspecified atom stereocenters. The van der Waals surface area contributed by atoms with Crippen LogP contribution in [0.1, 0.15) is 23.6 Å². The molecule has 1 heterocycles. The van der Waals surface area contributed by atoms with Crippen molar-refractivity contribution < 1.29 is 51.1 Å². The van der Waals surface area contributed by atoms with Gasteiger partial charge in [-0.3, -0.25) is 0 Å². The van der Waals surface area contributed by atoms with Crippen LogP contribution in [0.2, 0.25) is 83.6 Å². The average molecular weight is 720 g/mol. The quantitative estimate of drug-likeness (QED) is 0.261. The molecule has 2 aromatic rings. The normalized spacial score (nSPS) is 24.4. The minimum atomic E-state index is -2.29. The van der Waals surface area contributed by atoms with Crippen LogP contribution in [-0.4, -0.2) is 70.9 Å². The van der Waals surface area contributed by atoms with Gasteiger partial charge in [-0.1, -0.05) is 35.9 Å². The van der Waals surface area contributed by atoms with Gasteiger partial charge in [0, 0.05) is 10.8 Å². The van der Waals surface area contributed by atoms with Crippen LogP contribution in [0.4, 0.5) is 0 Å². The molecule has 0 bridgehead atoms. The molecule has 254 valence electrons. The van der Waals surface area contributed by atoms with Gasteiger partial charge in [-0.15, -0.1) is 0 Å². The summed E-state index contributed by atoms with van der Waals surface area (Å²) in [5.41, 5.74) is 2.36. The Bertz CT molecular complexity index is 1260. The Morgan fingerprint density at radius 3 is 1.80 bits per heavy atom. The first-order chi connectivity index (χ1) is 20.5. The summed E-state index contributed by atoms with van der Waals surface area (Å²) < 4.78 is 39.3. The van der Waals surface area contributed by atoms with Gasteiger partial charge in [0.15, 0.2) is 33.3 Å². The van der Waals surface area contributed by atoms with Gasteiger partial charge in [0.05, 0.1) is 25.4 Å². The Labute approximate surface area is 299 Å². The monoisotopic (exact) mass is 718 g/mol. The molecule has 0 spiro atoms. The Morgan fingerprint density at radius 1 is 0.761 bits per heavy atom. The van der Waals surface area contributed by atoms with E-state index in [2.05, 4.69) is 78.6 Å². The molecule has 0 N–H and O–H groups in total. The van der Waals surface area contributed by atoms with Crippen LogP contribution in [0, 0.1) is 0 Å². The Kier molecular flexibility index (Phi) is 14.8. The Balaban J connectivity index is 0.00000736. The molecular formula is C33H56ClLiO7Si4. The van der Waals surface area contributed by atoms with E-state index in [1.54, 1.807) is 12.1 Å². The molecule has 0 amide bonds. The van der Waals surface area contributed by atoms with Gasteiger partial charge in [0.1, 0.15) is 18.0 Å². The summed E-state index contributed by atoms with van der Waals surface area (Å²) in [6, 6.07) is 13.4. The van der Waals surface area contributed by atoms with Gasteiger partial charge in [-0.05, 0) is 127 Å². The number of halogens is 1. The standard InChI is InChI=1S/C33H56ClO7Si4.Li/c1-14-36-27-18-15-24(16-19-27)21-25-22-26(17-20-28(25)34)33(35)32(41-45(11,12)13)31(40-44(8,9)10)30(39-43(5,6)7)29(38-33)23-37-42(2,3)4;/h15-20,22,29-32H,14,21,23H2,1-13H3;/q-1;+1/t29-,30-,31+,32-,33+;/m1./s1. The summed E-state index contributed by atoms with van der Waals surface area (Å²) in [5.74, 6) is -1.27. The van der Waals surface area contributed by atoms with Crippen molar-refractivity contribution in [2.45, 2.75) is 122 Å². The van der Waals surface area contributed by atoms with Crippen molar-refractivity contribution in [2.75, 3.05) is 13.2 Å². The molecule has 0 aromatic heterocycles. The van der Waals surface area contributed by atoms with Gasteiger partial charge < -0.3 is 32.3 Å². The number of hydrogen-bond acceptors (Lipinski definition) is 7. The zero-order valence-corrected chi connectivity index (χ0v) is 35.5. The molecule has 2 aromatic carbocycles. The van der Waals surface area contributed by atoms with Crippen LogP contribution in [0.15, 0.2) is 42.5 Å². The number of ether oxygens (including phenoxy) is 2. The Morgan fingerprint density at radius 2 is 1.30 bits per heavy atom. The number of rotatable bonds is 14. The van der Waals surface area contributed by atoms with Gasteiger partial charge in [0.25, 0.3) is 0 Å². The molecule has 1 aliphatic heterocycles. The van der Waals surface area contributed by atoms with E-state index >= 15 is 5.11 Å². The molecule has 13 heteroatoms. The molecule has 0 aliphatic carbocycles. The summed E-state index contributed by atoms with van der Waals surface area (Å²) >= 11 is 6.75. The predicted molar refractivity (Wildman–Crippen MR) is 192 cm³/mol. The molecular weight excluding hydrogens is 663 g/mol. The maximum Gasteiger partial charge on any atom is 1.00 e. The van der Waals surface area contributed by atoms with Gasteiger partial charge in [-0.2, -0.15) is 0 Å². The van der Waals surface area contributed by atoms with Crippen LogP contribution in [0.25, 0.3) is 0 Å². The maximum absolute atomic E-state index is 15.6. The van der Waals surface area contributed by atoms with Crippen LogP contribution in [0.5, 0.6) is 5.75 Å². The van der Waals surface area contributed by atoms with E-state index in [0.29, 0.717) is 23.6 Å². The molecule has 3 rings (SSSR count). The minimum Gasteiger partial charge on any atom is -0.823 e. The fraction of sp³-hybridized carbons (Fsp3) is 0.636. The molecule has 46 heavy (non-hydrogen) atoms. The van der Waals surface area contributed by atoms with E-state index in [1.807, 2.05) is 37.3 Å². The van der Waals surface area contributed by atoms with Crippen LogP contribution >= 0.6 is 11.6 Å². The van der Waals surface area contributed by atoms with E-state index in [0.717, 1.165) is 16.9 Å². The fourth-order valence-electron chi connectivity index (χ4n) is 5.28. The molecule has 0 saturated carbocycles. The second-order valence-corrected chi connectivity index (χ2v) is 34.1. The van der Waals surface area contributed by atoms with Gasteiger partial charge >= 0.3 is 18.9 Å². The zero-order valence-electron chi connectivity index (χ0n) is 30.7. The molecule has 7 nitrogen and oxygen atoms in total. The van der Waals surface area contributed by atoms with E-state index in [1.165, 1.54) is 0 Å². The van der Waals surface area contributed by atoms with Crippen LogP contribution in [-0.2, 0) is 34.6 Å². The first kappa shape index (κ1) is 41.9. The van der Waals surface area contributed by atoms with E-state index in [9.17, 15) is 0 Å². The number of benzene rings is 2. The topological polar surface area (TPSA) is 78.4 Å². The van der Waals surface area contributed by atoms with Crippen molar-refractivity contribution in [1.82, 2.24) is 0 Å². The van der Waals surface area contributed by atoms with Gasteiger partial charge in [-0.25, -0.2) is 0 Å². The first-order valence-electron chi connectivity index (χ1n) is 16.1. The van der Waals surface area contributed by atoms with Crippen molar-refractivity contribution in [2.24, 2.45) is 0 Å². The minimum absolute atomic E-state index is 0. The second kappa shape index (κ2) is 16.2. The summed E-state index contributed by atoms with van der Waals surface area (Å²) in [6.45, 7) is 28.3. The summed E-state index contributed by atoms with van der Waals surface area (Å²) in [4.78, 5) is 0. The largest absolute Gasteiger partial charge is 1.00 e. The smallest absolute Gasteiger partial charge is 0.823 e. The molecule has 5 atom stereocenters. The van der Waals surface area contributed by atoms with Crippen molar-refractivity contribution in [3.8, 4) is 5.75 Å². The third-order valence-corrected chi connectivity index (χ3v) is 11.2. The Hall–Kier alpha value is -0.245. The van der Waals surface area contributed by atoms with E-state index < -0.39 is 63.5 Å². The third kappa shape index (κ3) is 12.6. The van der Waals surface area contributed by atoms with E-state index in [4.69, 9.17) is 38.8 Å². The molecule has 0 radical (unpaired) electrons. The van der Waals surface area contributed by atoms with E-state index in [-0.39, 0.29) is 25.5 Å². The summed E-state index contributed by atoms with van der Waals surface area (Å²) in [5, 5.41) is 16.2. The number of hydrogen-bond donors (Lipinski definition) is 0. The molecule has 1 fully saturated rings. The van der Waals surface area contributed by atoms with Crippen LogP contribution in [0.3, 0.4) is 0 Å². The van der Waals surface area contributed by atoms with Gasteiger partial charge in [0.2, 0.25) is 0 Å². The van der Waals surface area contributed by atoms with Crippen molar-refractivity contribution in [3.63, 3.8) is 0 Å². The third-order valence-electron chi connectivity index (χ3n) is 6.91. The van der Waals surface area contributed by atoms with Crippen molar-refractivity contribution >= 4 is 44.9 Å². The molecule has 1 saturated heterocycles. The predicted octanol–water partition coefficient (Wildman–Crippen LogP) is 4.76. The SMILES string of the molecule is CCOc1ccc(Cc2cc([C@]3([O-])O[C@H](CO[Si](C)(C)C)[C@@H](O[Si](C)(C)C)[C@H](O[Si](C)(C)C)[C@H]3O[Si](C)(C)C)ccc2Cl)cc1.[Li+]. The average Bonchev–Trinajstić information content (AvgIpc) is 2.87. The van der Waals surface area contributed by atoms with Crippen molar-refractivity contribution in [1.29, 1.82) is 0 Å². The van der Waals surface area contributed by atoms with Crippen LogP contribution < -0.4 is 28.7 Å². The van der Waals surface area contributed by atoms with Crippen molar-refractivity contribution in [3.05, 3.63) is 64.2 Å². The fourth-order valence-corrected chi connectivity index (χ4v) is 9.36. The first-order valence-corrected chi connectivity index (χ1v) is 30.1. The second-order valence-electron chi connectivity index (χ2n) is 15.8. The summed E-state index contributed by atoms with van der Waals surface area (Å²) in [6.07, 6.45) is -2.19. The molecule has 1 aliphatic rings.